The van der Waals surface area contributed by atoms with E-state index in [1.807, 2.05) is 29.2 Å². The molecular weight excluding hydrogens is 628 g/mol. The van der Waals surface area contributed by atoms with Gasteiger partial charge < -0.3 is 15.1 Å². The lowest BCUT2D eigenvalue weighted by Gasteiger charge is -2.37. The van der Waals surface area contributed by atoms with Crippen LogP contribution in [0.4, 0.5) is 23.2 Å². The number of halogens is 4. The molecule has 13 heteroatoms. The number of alkyl halides is 3. The highest BCUT2D eigenvalue weighted by Crippen LogP contribution is 2.34. The minimum atomic E-state index is -4.85. The SMILES string of the molecule is Cc1c(N2CCN(Cc3cccc(-c4ncco4)c3)CC2)c(=O)n(C[C@H](N)c2ccccc2)c(=O)n1Cc1c(F)cccc1C(F)(F)F. The standard InChI is InChI=1S/C35H34F4N6O3/c1-23-31(43-16-14-42(15-17-43)20-24-7-5-10-26(19-24)32-41-13-18-48-32)33(46)45(22-30(40)25-8-3-2-4-9-25)34(47)44(23)21-27-28(35(37,38)39)11-6-12-29(27)36/h2-13,18-19,30H,14-17,20-22,40H2,1H3/t30-/m0/s1. The molecule has 0 amide bonds. The third-order valence-corrected chi connectivity index (χ3v) is 8.71. The topological polar surface area (TPSA) is 103 Å². The second-order valence-corrected chi connectivity index (χ2v) is 11.8. The van der Waals surface area contributed by atoms with Gasteiger partial charge in [-0.3, -0.25) is 18.8 Å². The fraction of sp³-hybridized carbons (Fsp3) is 0.286. The number of hydrogen-bond donors (Lipinski definition) is 1. The van der Waals surface area contributed by atoms with Crippen molar-refractivity contribution >= 4 is 5.69 Å². The van der Waals surface area contributed by atoms with Gasteiger partial charge in [0.25, 0.3) is 5.56 Å². The number of piperazine rings is 1. The van der Waals surface area contributed by atoms with Gasteiger partial charge in [-0.2, -0.15) is 13.2 Å². The average molecular weight is 663 g/mol. The lowest BCUT2D eigenvalue weighted by atomic mass is 10.1. The Morgan fingerprint density at radius 1 is 0.917 bits per heavy atom. The lowest BCUT2D eigenvalue weighted by molar-refractivity contribution is -0.138. The average Bonchev–Trinajstić information content (AvgIpc) is 3.62. The van der Waals surface area contributed by atoms with Gasteiger partial charge in [0, 0.05) is 55.6 Å². The number of anilines is 1. The van der Waals surface area contributed by atoms with E-state index in [9.17, 15) is 27.2 Å². The molecule has 5 aromatic rings. The van der Waals surface area contributed by atoms with Crippen LogP contribution in [0.25, 0.3) is 11.5 Å². The Morgan fingerprint density at radius 3 is 2.33 bits per heavy atom. The van der Waals surface area contributed by atoms with Gasteiger partial charge in [-0.05, 0) is 42.3 Å². The minimum Gasteiger partial charge on any atom is -0.445 e. The van der Waals surface area contributed by atoms with Gasteiger partial charge in [-0.15, -0.1) is 0 Å². The maximum Gasteiger partial charge on any atom is 0.416 e. The molecule has 0 unspecified atom stereocenters. The number of benzene rings is 3. The van der Waals surface area contributed by atoms with Crippen LogP contribution in [0.1, 0.15) is 34.0 Å². The van der Waals surface area contributed by atoms with Gasteiger partial charge in [0.15, 0.2) is 0 Å². The number of rotatable bonds is 9. The van der Waals surface area contributed by atoms with Crippen LogP contribution in [0.3, 0.4) is 0 Å². The Balaban J connectivity index is 1.33. The Hall–Kier alpha value is -5.01. The number of aromatic nitrogens is 3. The Kier molecular flexibility index (Phi) is 9.33. The summed E-state index contributed by atoms with van der Waals surface area (Å²) in [5, 5.41) is 0. The van der Waals surface area contributed by atoms with Crippen LogP contribution in [0.2, 0.25) is 0 Å². The molecule has 1 saturated heterocycles. The van der Waals surface area contributed by atoms with Crippen molar-refractivity contribution in [2.75, 3.05) is 31.1 Å². The van der Waals surface area contributed by atoms with Gasteiger partial charge in [0.1, 0.15) is 17.8 Å². The zero-order valence-corrected chi connectivity index (χ0v) is 26.2. The first-order valence-electron chi connectivity index (χ1n) is 15.5. The summed E-state index contributed by atoms with van der Waals surface area (Å²) in [5.74, 6) is -0.579. The summed E-state index contributed by atoms with van der Waals surface area (Å²) >= 11 is 0. The van der Waals surface area contributed by atoms with Gasteiger partial charge in [0.05, 0.1) is 24.8 Å². The van der Waals surface area contributed by atoms with E-state index < -0.39 is 47.0 Å². The monoisotopic (exact) mass is 662 g/mol. The van der Waals surface area contributed by atoms with E-state index in [-0.39, 0.29) is 17.9 Å². The van der Waals surface area contributed by atoms with Gasteiger partial charge in [-0.1, -0.05) is 48.5 Å². The number of hydrogen-bond acceptors (Lipinski definition) is 7. The molecule has 0 aliphatic carbocycles. The molecule has 48 heavy (non-hydrogen) atoms. The fourth-order valence-electron chi connectivity index (χ4n) is 6.20. The molecule has 9 nitrogen and oxygen atoms in total. The highest BCUT2D eigenvalue weighted by atomic mass is 19.4. The number of nitrogens with zero attached hydrogens (tertiary/aromatic N) is 5. The molecule has 1 aliphatic heterocycles. The second-order valence-electron chi connectivity index (χ2n) is 11.8. The van der Waals surface area contributed by atoms with Crippen LogP contribution in [0.5, 0.6) is 0 Å². The summed E-state index contributed by atoms with van der Waals surface area (Å²) in [5.41, 5.74) is 5.98. The van der Waals surface area contributed by atoms with E-state index in [1.165, 1.54) is 13.2 Å². The summed E-state index contributed by atoms with van der Waals surface area (Å²) in [6.45, 7) is 3.14. The third-order valence-electron chi connectivity index (χ3n) is 8.71. The number of nitrogens with two attached hydrogens (primary N) is 1. The molecule has 1 atom stereocenters. The predicted octanol–water partition coefficient (Wildman–Crippen LogP) is 5.20. The first-order valence-corrected chi connectivity index (χ1v) is 15.5. The van der Waals surface area contributed by atoms with E-state index >= 15 is 0 Å². The first-order chi connectivity index (χ1) is 23.0. The van der Waals surface area contributed by atoms with Crippen LogP contribution < -0.4 is 21.9 Å². The summed E-state index contributed by atoms with van der Waals surface area (Å²) < 4.78 is 64.3. The molecule has 6 rings (SSSR count). The van der Waals surface area contributed by atoms with Crippen molar-refractivity contribution in [3.63, 3.8) is 0 Å². The second kappa shape index (κ2) is 13.6. The quantitative estimate of drug-likeness (QED) is 0.217. The molecular formula is C35H34F4N6O3. The van der Waals surface area contributed by atoms with E-state index in [0.29, 0.717) is 44.2 Å². The van der Waals surface area contributed by atoms with Crippen LogP contribution >= 0.6 is 0 Å². The normalized spacial score (nSPS) is 14.8. The summed E-state index contributed by atoms with van der Waals surface area (Å²) in [4.78, 5) is 36.2. The molecule has 0 saturated carbocycles. The maximum absolute atomic E-state index is 15.0. The summed E-state index contributed by atoms with van der Waals surface area (Å²) in [7, 11) is 0. The van der Waals surface area contributed by atoms with Crippen molar-refractivity contribution in [1.82, 2.24) is 19.0 Å². The van der Waals surface area contributed by atoms with Gasteiger partial charge in [-0.25, -0.2) is 14.2 Å². The molecule has 3 heterocycles. The largest absolute Gasteiger partial charge is 0.445 e. The van der Waals surface area contributed by atoms with Crippen molar-refractivity contribution in [1.29, 1.82) is 0 Å². The van der Waals surface area contributed by atoms with Crippen LogP contribution in [0.15, 0.2) is 99.3 Å². The van der Waals surface area contributed by atoms with Crippen molar-refractivity contribution in [2.24, 2.45) is 5.73 Å². The Bertz CT molecular complexity index is 2000. The van der Waals surface area contributed by atoms with Crippen molar-refractivity contribution in [3.8, 4) is 11.5 Å². The van der Waals surface area contributed by atoms with E-state index in [1.54, 1.807) is 36.5 Å². The van der Waals surface area contributed by atoms with E-state index in [4.69, 9.17) is 10.2 Å². The van der Waals surface area contributed by atoms with Crippen molar-refractivity contribution in [2.45, 2.75) is 38.8 Å². The van der Waals surface area contributed by atoms with Crippen LogP contribution in [-0.4, -0.2) is 45.2 Å². The predicted molar refractivity (Wildman–Crippen MR) is 173 cm³/mol. The molecule has 2 aromatic heterocycles. The van der Waals surface area contributed by atoms with Crippen LogP contribution in [-0.2, 0) is 25.8 Å². The molecule has 0 radical (unpaired) electrons. The van der Waals surface area contributed by atoms with E-state index in [0.717, 1.165) is 38.5 Å². The summed E-state index contributed by atoms with van der Waals surface area (Å²) in [6.07, 6.45) is -1.76. The molecule has 0 bridgehead atoms. The molecule has 1 aliphatic rings. The Morgan fingerprint density at radius 2 is 1.65 bits per heavy atom. The number of oxazole rings is 1. The molecule has 0 spiro atoms. The minimum absolute atomic E-state index is 0.151. The van der Waals surface area contributed by atoms with Crippen LogP contribution in [0, 0.1) is 12.7 Å². The van der Waals surface area contributed by atoms with E-state index in [2.05, 4.69) is 9.88 Å². The van der Waals surface area contributed by atoms with Gasteiger partial charge >= 0.3 is 11.9 Å². The van der Waals surface area contributed by atoms with Crippen molar-refractivity contribution < 1.29 is 22.0 Å². The third kappa shape index (κ3) is 6.83. The fourth-order valence-corrected chi connectivity index (χ4v) is 6.20. The molecule has 3 aromatic carbocycles. The summed E-state index contributed by atoms with van der Waals surface area (Å²) in [6, 6.07) is 18.7. The zero-order valence-electron chi connectivity index (χ0n) is 26.2. The molecule has 2 N–H and O–H groups in total. The zero-order chi connectivity index (χ0) is 34.0. The Labute approximate surface area is 273 Å². The highest BCUT2D eigenvalue weighted by Gasteiger charge is 2.35. The first kappa shape index (κ1) is 32.9. The van der Waals surface area contributed by atoms with Crippen molar-refractivity contribution in [3.05, 3.63) is 140 Å². The lowest BCUT2D eigenvalue weighted by Crippen LogP contribution is -2.51. The maximum atomic E-state index is 15.0. The van der Waals surface area contributed by atoms with Gasteiger partial charge in [0.2, 0.25) is 5.89 Å². The molecule has 1 fully saturated rings. The highest BCUT2D eigenvalue weighted by molar-refractivity contribution is 5.54. The molecule has 250 valence electrons. The smallest absolute Gasteiger partial charge is 0.416 e.